The van der Waals surface area contributed by atoms with Crippen molar-refractivity contribution < 1.29 is 0 Å². The fraction of sp³-hybridized carbons (Fsp3) is 0.333. The first-order chi connectivity index (χ1) is 9.67. The Morgan fingerprint density at radius 1 is 1.45 bits per heavy atom. The molecule has 0 unspecified atom stereocenters. The molecule has 0 aromatic carbocycles. The van der Waals surface area contributed by atoms with Gasteiger partial charge in [0, 0.05) is 16.0 Å². The summed E-state index contributed by atoms with van der Waals surface area (Å²) in [6, 6.07) is 6.51. The topological polar surface area (TPSA) is 36.1 Å². The number of nitriles is 1. The third-order valence-electron chi connectivity index (χ3n) is 3.51. The average Bonchev–Trinajstić information content (AvgIpc) is 2.98. The minimum Gasteiger partial charge on any atom is -0.243 e. The van der Waals surface area contributed by atoms with Gasteiger partial charge in [-0.05, 0) is 65.5 Å². The SMILES string of the molecule is C[C@H]1CCc2c(sc(N=Cc3ccc(I)s3)c2C#N)C1. The van der Waals surface area contributed by atoms with Crippen LogP contribution >= 0.6 is 45.3 Å². The van der Waals surface area contributed by atoms with Crippen LogP contribution in [0.2, 0.25) is 0 Å². The monoisotopic (exact) mass is 412 g/mol. The lowest BCUT2D eigenvalue weighted by molar-refractivity contribution is 0.507. The molecule has 2 heterocycles. The van der Waals surface area contributed by atoms with Crippen LogP contribution in [-0.2, 0) is 12.8 Å². The molecule has 0 N–H and O–H groups in total. The van der Waals surface area contributed by atoms with E-state index in [4.69, 9.17) is 0 Å². The van der Waals surface area contributed by atoms with Gasteiger partial charge in [-0.25, -0.2) is 4.99 Å². The van der Waals surface area contributed by atoms with Gasteiger partial charge < -0.3 is 0 Å². The quantitative estimate of drug-likeness (QED) is 0.496. The molecule has 0 aliphatic heterocycles. The smallest absolute Gasteiger partial charge is 0.134 e. The van der Waals surface area contributed by atoms with Gasteiger partial charge in [0.2, 0.25) is 0 Å². The van der Waals surface area contributed by atoms with Crippen LogP contribution in [0.25, 0.3) is 0 Å². The average molecular weight is 412 g/mol. The Hall–Kier alpha value is -0.710. The van der Waals surface area contributed by atoms with Crippen molar-refractivity contribution in [1.29, 1.82) is 5.26 Å². The van der Waals surface area contributed by atoms with Crippen molar-refractivity contribution in [1.82, 2.24) is 0 Å². The van der Waals surface area contributed by atoms with Gasteiger partial charge in [-0.2, -0.15) is 5.26 Å². The largest absolute Gasteiger partial charge is 0.243 e. The number of nitrogens with zero attached hydrogens (tertiary/aromatic N) is 2. The molecule has 5 heteroatoms. The Morgan fingerprint density at radius 3 is 3.00 bits per heavy atom. The molecule has 102 valence electrons. The highest BCUT2D eigenvalue weighted by molar-refractivity contribution is 14.1. The van der Waals surface area contributed by atoms with E-state index >= 15 is 0 Å². The first kappa shape index (κ1) is 14.2. The summed E-state index contributed by atoms with van der Waals surface area (Å²) in [4.78, 5) is 7.07. The number of aliphatic imine (C=N–C) groups is 1. The first-order valence-corrected chi connectivity index (χ1v) is 9.22. The highest BCUT2D eigenvalue weighted by Gasteiger charge is 2.23. The molecule has 0 saturated carbocycles. The summed E-state index contributed by atoms with van der Waals surface area (Å²) in [7, 11) is 0. The number of rotatable bonds is 2. The molecule has 0 spiro atoms. The number of hydrogen-bond donors (Lipinski definition) is 0. The fourth-order valence-corrected chi connectivity index (χ4v) is 5.31. The summed E-state index contributed by atoms with van der Waals surface area (Å²) in [6.45, 7) is 2.28. The van der Waals surface area contributed by atoms with E-state index in [1.165, 1.54) is 19.7 Å². The molecule has 2 aromatic rings. The van der Waals surface area contributed by atoms with Crippen LogP contribution < -0.4 is 0 Å². The highest BCUT2D eigenvalue weighted by atomic mass is 127. The Morgan fingerprint density at radius 2 is 2.30 bits per heavy atom. The van der Waals surface area contributed by atoms with E-state index in [-0.39, 0.29) is 0 Å². The van der Waals surface area contributed by atoms with Crippen molar-refractivity contribution in [3.63, 3.8) is 0 Å². The van der Waals surface area contributed by atoms with Crippen molar-refractivity contribution in [3.8, 4) is 6.07 Å². The summed E-state index contributed by atoms with van der Waals surface area (Å²) in [5, 5.41) is 10.3. The van der Waals surface area contributed by atoms with Gasteiger partial charge in [-0.3, -0.25) is 0 Å². The van der Waals surface area contributed by atoms with Gasteiger partial charge in [0.1, 0.15) is 11.1 Å². The lowest BCUT2D eigenvalue weighted by Gasteiger charge is -2.17. The van der Waals surface area contributed by atoms with Gasteiger partial charge >= 0.3 is 0 Å². The maximum absolute atomic E-state index is 9.41. The van der Waals surface area contributed by atoms with E-state index in [9.17, 15) is 5.26 Å². The van der Waals surface area contributed by atoms with Crippen LogP contribution in [0, 0.1) is 20.1 Å². The van der Waals surface area contributed by atoms with Crippen molar-refractivity contribution >= 4 is 56.5 Å². The van der Waals surface area contributed by atoms with Crippen molar-refractivity contribution in [2.45, 2.75) is 26.2 Å². The molecule has 20 heavy (non-hydrogen) atoms. The van der Waals surface area contributed by atoms with Crippen LogP contribution in [0.3, 0.4) is 0 Å². The third kappa shape index (κ3) is 2.83. The highest BCUT2D eigenvalue weighted by Crippen LogP contribution is 2.40. The van der Waals surface area contributed by atoms with E-state index in [1.807, 2.05) is 6.21 Å². The summed E-state index contributed by atoms with van der Waals surface area (Å²) in [5.41, 5.74) is 2.06. The molecule has 1 aliphatic rings. The minimum atomic E-state index is 0.725. The predicted octanol–water partition coefficient (Wildman–Crippen LogP) is 5.16. The lowest BCUT2D eigenvalue weighted by Crippen LogP contribution is -2.09. The standard InChI is InChI=1S/C15H13IN2S2/c1-9-2-4-11-12(7-17)15(20-13(11)6-9)18-8-10-3-5-14(16)19-10/h3,5,8-9H,2,4,6H2,1H3/t9-/m0/s1. The molecule has 1 atom stereocenters. The molecule has 0 saturated heterocycles. The van der Waals surface area contributed by atoms with E-state index in [1.54, 1.807) is 22.7 Å². The van der Waals surface area contributed by atoms with Gasteiger partial charge in [0.15, 0.2) is 0 Å². The third-order valence-corrected chi connectivity index (χ3v) is 6.50. The van der Waals surface area contributed by atoms with Crippen LogP contribution in [0.5, 0.6) is 0 Å². The molecule has 3 rings (SSSR count). The Bertz CT molecular complexity index is 706. The maximum atomic E-state index is 9.41. The van der Waals surface area contributed by atoms with Crippen molar-refractivity contribution in [2.24, 2.45) is 10.9 Å². The second kappa shape index (κ2) is 5.96. The summed E-state index contributed by atoms with van der Waals surface area (Å²) in [6.07, 6.45) is 5.20. The van der Waals surface area contributed by atoms with Gasteiger partial charge in [-0.1, -0.05) is 6.92 Å². The lowest BCUT2D eigenvalue weighted by atomic mass is 9.89. The maximum Gasteiger partial charge on any atom is 0.134 e. The van der Waals surface area contributed by atoms with E-state index in [2.05, 4.69) is 52.7 Å². The predicted molar refractivity (Wildman–Crippen MR) is 94.5 cm³/mol. The van der Waals surface area contributed by atoms with Crippen LogP contribution in [-0.4, -0.2) is 6.21 Å². The van der Waals surface area contributed by atoms with Gasteiger partial charge in [0.05, 0.1) is 8.45 Å². The molecule has 0 radical (unpaired) electrons. The van der Waals surface area contributed by atoms with Crippen LogP contribution in [0.15, 0.2) is 17.1 Å². The fourth-order valence-electron chi connectivity index (χ4n) is 2.46. The zero-order valence-corrected chi connectivity index (χ0v) is 14.8. The molecular weight excluding hydrogens is 399 g/mol. The number of fused-ring (bicyclic) bond motifs is 1. The number of halogens is 1. The second-order valence-electron chi connectivity index (χ2n) is 5.04. The molecule has 2 aromatic heterocycles. The number of thiophene rings is 2. The van der Waals surface area contributed by atoms with E-state index < -0.39 is 0 Å². The summed E-state index contributed by atoms with van der Waals surface area (Å²) in [5.74, 6) is 0.725. The van der Waals surface area contributed by atoms with E-state index in [0.717, 1.165) is 34.2 Å². The summed E-state index contributed by atoms with van der Waals surface area (Å²) < 4.78 is 1.25. The molecule has 0 bridgehead atoms. The first-order valence-electron chi connectivity index (χ1n) is 6.51. The van der Waals surface area contributed by atoms with Gasteiger partial charge in [0.25, 0.3) is 0 Å². The molecule has 1 aliphatic carbocycles. The molecule has 0 amide bonds. The second-order valence-corrected chi connectivity index (χ2v) is 9.14. The van der Waals surface area contributed by atoms with E-state index in [0.29, 0.717) is 0 Å². The Labute approximate surface area is 140 Å². The zero-order chi connectivity index (χ0) is 14.1. The van der Waals surface area contributed by atoms with Crippen LogP contribution in [0.1, 0.15) is 34.2 Å². The van der Waals surface area contributed by atoms with Crippen molar-refractivity contribution in [3.05, 3.63) is 35.9 Å². The molecule has 0 fully saturated rings. The Balaban J connectivity index is 1.94. The molecular formula is C15H13IN2S2. The van der Waals surface area contributed by atoms with Crippen molar-refractivity contribution in [2.75, 3.05) is 0 Å². The zero-order valence-electron chi connectivity index (χ0n) is 11.0. The molecule has 2 nitrogen and oxygen atoms in total. The number of hydrogen-bond acceptors (Lipinski definition) is 4. The normalized spacial score (nSPS) is 18.1. The Kier molecular flexibility index (Phi) is 4.24. The van der Waals surface area contributed by atoms with Gasteiger partial charge in [-0.15, -0.1) is 22.7 Å². The summed E-state index contributed by atoms with van der Waals surface area (Å²) >= 11 is 5.72. The minimum absolute atomic E-state index is 0.725. The van der Waals surface area contributed by atoms with Crippen LogP contribution in [0.4, 0.5) is 5.00 Å².